The molecule has 0 spiro atoms. The Bertz CT molecular complexity index is 2800. The fraction of sp³-hybridized carbons (Fsp3) is 0.510. The molecule has 3 fully saturated rings. The van der Waals surface area contributed by atoms with Gasteiger partial charge in [0.15, 0.2) is 29.0 Å². The molecule has 416 valence electrons. The van der Waals surface area contributed by atoms with Crippen LogP contribution >= 0.6 is 0 Å². The van der Waals surface area contributed by atoms with Crippen molar-refractivity contribution < 1.29 is 74.7 Å². The summed E-state index contributed by atoms with van der Waals surface area (Å²) in [5.74, 6) is -0.144. The van der Waals surface area contributed by atoms with Gasteiger partial charge in [0.1, 0.15) is 72.0 Å². The average Bonchev–Trinajstić information content (AvgIpc) is 4.26. The van der Waals surface area contributed by atoms with Gasteiger partial charge >= 0.3 is 24.4 Å². The summed E-state index contributed by atoms with van der Waals surface area (Å²) in [5, 5.41) is 23.8. The number of aromatic nitrogens is 4. The number of urea groups is 2. The quantitative estimate of drug-likeness (QED) is 0.0586. The molecule has 5 aliphatic rings. The van der Waals surface area contributed by atoms with Crippen LogP contribution in [0.5, 0.6) is 11.5 Å². The molecule has 4 aromatic rings. The van der Waals surface area contributed by atoms with Gasteiger partial charge in [-0.3, -0.25) is 30.0 Å². The number of aliphatic hydroxyl groups is 2. The van der Waals surface area contributed by atoms with Gasteiger partial charge in [-0.1, -0.05) is 0 Å². The molecule has 28 heteroatoms. The number of hydrogen-bond acceptors (Lipinski definition) is 18. The molecule has 5 aliphatic heterocycles. The van der Waals surface area contributed by atoms with Crippen molar-refractivity contribution in [3.8, 4) is 11.5 Å². The highest BCUT2D eigenvalue weighted by molar-refractivity contribution is 6.06. The number of rotatable bonds is 17. The molecule has 8 N–H and O–H groups in total. The molecule has 4 amide bonds. The summed E-state index contributed by atoms with van der Waals surface area (Å²) in [6.07, 6.45) is -8.21. The lowest BCUT2D eigenvalue weighted by molar-refractivity contribution is -0.149. The van der Waals surface area contributed by atoms with Crippen molar-refractivity contribution in [1.82, 2.24) is 19.9 Å². The third-order valence-corrected chi connectivity index (χ3v) is 13.2. The first-order chi connectivity index (χ1) is 36.5. The lowest BCUT2D eigenvalue weighted by atomic mass is 10.1. The van der Waals surface area contributed by atoms with E-state index in [1.807, 2.05) is 18.7 Å². The van der Waals surface area contributed by atoms with Crippen LogP contribution in [0.25, 0.3) is 0 Å². The second kappa shape index (κ2) is 23.3. The highest BCUT2D eigenvalue weighted by Crippen LogP contribution is 2.41. The zero-order valence-corrected chi connectivity index (χ0v) is 41.8. The summed E-state index contributed by atoms with van der Waals surface area (Å²) in [6.45, 7) is 6.21. The number of halogens is 6. The Morgan fingerprint density at radius 3 is 1.65 bits per heavy atom. The molecule has 9 rings (SSSR count). The number of nitrogens with zero attached hydrogens (tertiary/aromatic N) is 8. The van der Waals surface area contributed by atoms with Crippen LogP contribution < -0.4 is 51.2 Å². The molecule has 0 radical (unpaired) electrons. The largest absolute Gasteiger partial charge is 0.491 e. The molecular weight excluding hydrogens is 1030 g/mol. The number of ether oxygens (including phenoxy) is 4. The van der Waals surface area contributed by atoms with E-state index in [9.17, 15) is 50.6 Å². The maximum Gasteiger partial charge on any atom is 0.403 e. The van der Waals surface area contributed by atoms with E-state index in [1.54, 1.807) is 24.3 Å². The van der Waals surface area contributed by atoms with E-state index in [1.165, 1.54) is 46.5 Å². The number of ketones is 2. The first-order valence-electron chi connectivity index (χ1n) is 24.7. The number of pyridine rings is 4. The molecule has 9 heterocycles. The number of nitrogens with two attached hydrogens (primary N) is 2. The molecule has 0 aliphatic carbocycles. The van der Waals surface area contributed by atoms with Gasteiger partial charge in [-0.25, -0.2) is 29.5 Å². The van der Waals surface area contributed by atoms with E-state index >= 15 is 0 Å². The molecular formula is C49H58F6N12O10. The summed E-state index contributed by atoms with van der Waals surface area (Å²) < 4.78 is 98.9. The molecule has 6 atom stereocenters. The lowest BCUT2D eigenvalue weighted by Gasteiger charge is -2.35. The Hall–Kier alpha value is -6.98. The number of amides is 4. The Balaban J connectivity index is 0.000000204. The smallest absolute Gasteiger partial charge is 0.403 e. The van der Waals surface area contributed by atoms with Crippen LogP contribution in [-0.4, -0.2) is 161 Å². The molecule has 22 nitrogen and oxygen atoms in total. The maximum atomic E-state index is 13.5. The van der Waals surface area contributed by atoms with Gasteiger partial charge in [0.05, 0.1) is 36.7 Å². The van der Waals surface area contributed by atoms with E-state index < -0.39 is 92.2 Å². The van der Waals surface area contributed by atoms with Crippen molar-refractivity contribution >= 4 is 58.3 Å². The summed E-state index contributed by atoms with van der Waals surface area (Å²) in [6, 6.07) is 6.74. The first kappa shape index (κ1) is 56.2. The number of nitrogens with one attached hydrogen (secondary N) is 2. The molecule has 0 aromatic carbocycles. The minimum absolute atomic E-state index is 0.0248. The summed E-state index contributed by atoms with van der Waals surface area (Å²) in [5.41, 5.74) is 11.5. The number of Topliss-reactive ketones (excluding diaryl/α,β-unsaturated/α-hetero) is 2. The average molecular weight is 1090 g/mol. The Morgan fingerprint density at radius 2 is 1.22 bits per heavy atom. The predicted molar refractivity (Wildman–Crippen MR) is 265 cm³/mol. The van der Waals surface area contributed by atoms with Crippen molar-refractivity contribution in [3.63, 3.8) is 0 Å². The number of fused-ring (bicyclic) bond motifs is 8. The highest BCUT2D eigenvalue weighted by atomic mass is 19.4. The van der Waals surface area contributed by atoms with E-state index in [0.29, 0.717) is 68.5 Å². The number of alkyl halides is 6. The third-order valence-electron chi connectivity index (χ3n) is 13.2. The molecule has 2 unspecified atom stereocenters. The number of carbonyl (C=O) groups excluding carboxylic acids is 4. The minimum atomic E-state index is -4.60. The fourth-order valence-electron chi connectivity index (χ4n) is 9.17. The number of aliphatic hydroxyl groups excluding tert-OH is 2. The monoisotopic (exact) mass is 1090 g/mol. The van der Waals surface area contributed by atoms with Crippen LogP contribution in [0.2, 0.25) is 0 Å². The van der Waals surface area contributed by atoms with E-state index in [4.69, 9.17) is 35.5 Å². The molecule has 4 aromatic heterocycles. The van der Waals surface area contributed by atoms with Crippen LogP contribution in [0.15, 0.2) is 60.9 Å². The maximum absolute atomic E-state index is 13.5. The predicted octanol–water partition coefficient (Wildman–Crippen LogP) is 5.18. The molecule has 77 heavy (non-hydrogen) atoms. The standard InChI is InChI=1S/C26H31F3N6O5.C23H27F3N6O5/c1-25(2)39-14-17(40-25)13-38-16-7-9-31-22(11-16)33-24(37)35-15-8-10-34(12-15)19-4-3-18(32-23(19)35)20(36)5-6-21(30)26(27,28)29;24-23(25,26)19(27)4-3-18(35)16-1-2-17-21(29-16)32(13-6-8-31(17)10-13)22(36)30-20-9-15(5-7-28-20)37-12-14(34)11-33/h3-4,7,9,11,15,17,21H,5-6,8,10,12-14,30H2,1-2H3,(H,31,33,37);1-2,5,7,9,13-14,19,33-34H,3-4,6,8,10-12,27H2,(H,28,30,36)/t15-,17-,21?;13-,14+,19?/m00/s1. The highest BCUT2D eigenvalue weighted by Gasteiger charge is 2.43. The number of hydrogen-bond donors (Lipinski definition) is 6. The van der Waals surface area contributed by atoms with Crippen molar-refractivity contribution in [2.24, 2.45) is 11.5 Å². The van der Waals surface area contributed by atoms with Gasteiger partial charge in [-0.05, 0) is 75.9 Å². The van der Waals surface area contributed by atoms with Gasteiger partial charge in [0.2, 0.25) is 0 Å². The summed E-state index contributed by atoms with van der Waals surface area (Å²) >= 11 is 0. The van der Waals surface area contributed by atoms with Crippen molar-refractivity contribution in [3.05, 3.63) is 72.3 Å². The first-order valence-corrected chi connectivity index (χ1v) is 24.7. The number of anilines is 6. The van der Waals surface area contributed by atoms with Gasteiger partial charge in [-0.2, -0.15) is 26.3 Å². The molecule has 4 bridgehead atoms. The SMILES string of the molecule is CC1(C)OC[C@H](COc2ccnc(NC(=O)N3c4nc(C(=O)CCC(N)C(F)(F)F)ccc4N4CC[C@H]3C4)c2)O1.NC(CCC(=O)c1ccc2c(n1)N(C(=O)Nc1cc(OC[C@H](O)CO)ccn1)[C@H]1CCN2C1)C(F)(F)F. The summed E-state index contributed by atoms with van der Waals surface area (Å²) in [4.78, 5) is 76.2. The zero-order valence-electron chi connectivity index (χ0n) is 41.8. The van der Waals surface area contributed by atoms with Crippen LogP contribution in [0.3, 0.4) is 0 Å². The van der Waals surface area contributed by atoms with Gasteiger partial charge in [0, 0.05) is 63.5 Å². The van der Waals surface area contributed by atoms with Gasteiger partial charge < -0.3 is 50.4 Å². The second-order valence-corrected chi connectivity index (χ2v) is 19.3. The lowest BCUT2D eigenvalue weighted by Crippen LogP contribution is -2.48. The van der Waals surface area contributed by atoms with Crippen molar-refractivity contribution in [2.75, 3.05) is 82.8 Å². The van der Waals surface area contributed by atoms with Crippen LogP contribution in [-0.2, 0) is 9.47 Å². The zero-order chi connectivity index (χ0) is 55.4. The van der Waals surface area contributed by atoms with E-state index in [2.05, 4.69) is 35.5 Å². The molecule has 0 saturated carbocycles. The minimum Gasteiger partial charge on any atom is -0.491 e. The fourth-order valence-corrected chi connectivity index (χ4v) is 9.17. The second-order valence-electron chi connectivity index (χ2n) is 19.3. The van der Waals surface area contributed by atoms with Crippen LogP contribution in [0.4, 0.5) is 70.6 Å². The van der Waals surface area contributed by atoms with Gasteiger partial charge in [0.25, 0.3) is 0 Å². The van der Waals surface area contributed by atoms with Crippen LogP contribution in [0, 0.1) is 0 Å². The Labute approximate surface area is 437 Å². The normalized spacial score (nSPS) is 20.3. The topological polar surface area (TPSA) is 286 Å². The number of carbonyl (C=O) groups is 4. The van der Waals surface area contributed by atoms with Crippen LogP contribution in [0.1, 0.15) is 73.3 Å². The van der Waals surface area contributed by atoms with Crippen molar-refractivity contribution in [1.29, 1.82) is 0 Å². The summed E-state index contributed by atoms with van der Waals surface area (Å²) in [7, 11) is 0. The van der Waals surface area contributed by atoms with E-state index in [-0.39, 0.29) is 66.1 Å². The Morgan fingerprint density at radius 1 is 0.753 bits per heavy atom. The third kappa shape index (κ3) is 13.8. The van der Waals surface area contributed by atoms with Crippen molar-refractivity contribution in [2.45, 2.75) is 107 Å². The Kier molecular flexibility index (Phi) is 17.0. The van der Waals surface area contributed by atoms with Gasteiger partial charge in [-0.15, -0.1) is 0 Å². The molecule has 3 saturated heterocycles. The van der Waals surface area contributed by atoms with E-state index in [0.717, 1.165) is 0 Å².